The van der Waals surface area contributed by atoms with Gasteiger partial charge in [0, 0.05) is 10.7 Å². The molecule has 1 aromatic heterocycles. The van der Waals surface area contributed by atoms with Crippen molar-refractivity contribution in [3.05, 3.63) is 94.2 Å². The van der Waals surface area contributed by atoms with Gasteiger partial charge in [0.05, 0.1) is 11.0 Å². The monoisotopic (exact) mass is 348 g/mol. The minimum atomic E-state index is -0.329. The fraction of sp³-hybridized carbons (Fsp3) is 0. The zero-order valence-electron chi connectivity index (χ0n) is 13.1. The summed E-state index contributed by atoms with van der Waals surface area (Å²) in [5.74, 6) is 0.588. The highest BCUT2D eigenvalue weighted by Crippen LogP contribution is 2.22. The SMILES string of the molecule is O=c1c(Oc2ccccc2)nc2ccccc2n1-c1ccc(Cl)cc1. The van der Waals surface area contributed by atoms with Crippen LogP contribution in [0.25, 0.3) is 16.7 Å². The molecule has 0 bridgehead atoms. The maximum absolute atomic E-state index is 13.0. The molecule has 0 spiro atoms. The molecule has 0 unspecified atom stereocenters. The van der Waals surface area contributed by atoms with Crippen LogP contribution in [0.5, 0.6) is 11.6 Å². The predicted molar refractivity (Wildman–Crippen MR) is 98.9 cm³/mol. The number of hydrogen-bond acceptors (Lipinski definition) is 3. The normalized spacial score (nSPS) is 10.8. The standard InChI is InChI=1S/C20H13ClN2O2/c21-14-10-12-15(13-11-14)23-18-9-5-4-8-17(18)22-19(20(23)24)25-16-6-2-1-3-7-16/h1-13H. The van der Waals surface area contributed by atoms with Crippen LogP contribution < -0.4 is 10.3 Å². The molecule has 0 fully saturated rings. The van der Waals surface area contributed by atoms with Crippen molar-refractivity contribution in [3.8, 4) is 17.3 Å². The van der Waals surface area contributed by atoms with Crippen LogP contribution in [0, 0.1) is 0 Å². The first kappa shape index (κ1) is 15.4. The average Bonchev–Trinajstić information content (AvgIpc) is 2.64. The Morgan fingerprint density at radius 2 is 1.52 bits per heavy atom. The highest BCUT2D eigenvalue weighted by atomic mass is 35.5. The molecule has 0 saturated carbocycles. The van der Waals surface area contributed by atoms with Gasteiger partial charge in [0.1, 0.15) is 5.75 Å². The fourth-order valence-electron chi connectivity index (χ4n) is 2.62. The summed E-state index contributed by atoms with van der Waals surface area (Å²) in [6.07, 6.45) is 0. The van der Waals surface area contributed by atoms with E-state index in [1.165, 1.54) is 0 Å². The molecule has 0 aliphatic carbocycles. The Hall–Kier alpha value is -3.11. The van der Waals surface area contributed by atoms with E-state index in [0.29, 0.717) is 27.5 Å². The lowest BCUT2D eigenvalue weighted by Gasteiger charge is -2.12. The number of aromatic nitrogens is 2. The Bertz CT molecular complexity index is 1090. The van der Waals surface area contributed by atoms with Crippen molar-refractivity contribution >= 4 is 22.6 Å². The van der Waals surface area contributed by atoms with Crippen molar-refractivity contribution < 1.29 is 4.74 Å². The van der Waals surface area contributed by atoms with E-state index in [4.69, 9.17) is 16.3 Å². The summed E-state index contributed by atoms with van der Waals surface area (Å²) in [4.78, 5) is 17.4. The largest absolute Gasteiger partial charge is 0.435 e. The predicted octanol–water partition coefficient (Wildman–Crippen LogP) is 4.83. The Morgan fingerprint density at radius 1 is 0.840 bits per heavy atom. The van der Waals surface area contributed by atoms with Gasteiger partial charge in [0.2, 0.25) is 0 Å². The number of fused-ring (bicyclic) bond motifs is 1. The van der Waals surface area contributed by atoms with E-state index in [9.17, 15) is 4.79 Å². The van der Waals surface area contributed by atoms with E-state index in [-0.39, 0.29) is 11.4 Å². The van der Waals surface area contributed by atoms with Crippen LogP contribution in [0.2, 0.25) is 5.02 Å². The maximum atomic E-state index is 13.0. The average molecular weight is 349 g/mol. The summed E-state index contributed by atoms with van der Waals surface area (Å²) in [6.45, 7) is 0. The van der Waals surface area contributed by atoms with Crippen LogP contribution in [-0.2, 0) is 0 Å². The van der Waals surface area contributed by atoms with E-state index >= 15 is 0 Å². The molecule has 0 amide bonds. The van der Waals surface area contributed by atoms with Crippen molar-refractivity contribution in [2.24, 2.45) is 0 Å². The van der Waals surface area contributed by atoms with Crippen molar-refractivity contribution in [1.29, 1.82) is 0 Å². The van der Waals surface area contributed by atoms with Gasteiger partial charge in [-0.15, -0.1) is 0 Å². The van der Waals surface area contributed by atoms with Gasteiger partial charge < -0.3 is 4.74 Å². The third kappa shape index (κ3) is 2.99. The molecule has 5 heteroatoms. The van der Waals surface area contributed by atoms with E-state index in [1.54, 1.807) is 41.0 Å². The second kappa shape index (κ2) is 6.42. The molecule has 4 aromatic rings. The van der Waals surface area contributed by atoms with E-state index in [2.05, 4.69) is 4.98 Å². The highest BCUT2D eigenvalue weighted by Gasteiger charge is 2.14. The first-order valence-corrected chi connectivity index (χ1v) is 8.11. The molecule has 25 heavy (non-hydrogen) atoms. The third-order valence-corrected chi connectivity index (χ3v) is 4.03. The number of para-hydroxylation sites is 3. The molecule has 4 nitrogen and oxygen atoms in total. The molecule has 0 aliphatic rings. The second-order valence-electron chi connectivity index (χ2n) is 5.44. The van der Waals surface area contributed by atoms with Gasteiger partial charge in [-0.3, -0.25) is 9.36 Å². The van der Waals surface area contributed by atoms with Gasteiger partial charge in [-0.1, -0.05) is 41.9 Å². The van der Waals surface area contributed by atoms with E-state index in [1.807, 2.05) is 42.5 Å². The Morgan fingerprint density at radius 3 is 2.28 bits per heavy atom. The Labute approximate surface area is 148 Å². The van der Waals surface area contributed by atoms with Gasteiger partial charge in [-0.2, -0.15) is 0 Å². The summed E-state index contributed by atoms with van der Waals surface area (Å²) < 4.78 is 7.31. The smallest absolute Gasteiger partial charge is 0.318 e. The number of rotatable bonds is 3. The fourth-order valence-corrected chi connectivity index (χ4v) is 2.75. The maximum Gasteiger partial charge on any atom is 0.318 e. The minimum Gasteiger partial charge on any atom is -0.435 e. The van der Waals surface area contributed by atoms with E-state index in [0.717, 1.165) is 0 Å². The van der Waals surface area contributed by atoms with Gasteiger partial charge >= 0.3 is 5.56 Å². The lowest BCUT2D eigenvalue weighted by molar-refractivity contribution is 0.454. The topological polar surface area (TPSA) is 44.1 Å². The Kier molecular flexibility index (Phi) is 3.96. The number of ether oxygens (including phenoxy) is 1. The molecule has 0 aliphatic heterocycles. The summed E-state index contributed by atoms with van der Waals surface area (Å²) >= 11 is 5.97. The first-order valence-electron chi connectivity index (χ1n) is 7.73. The molecule has 0 radical (unpaired) electrons. The first-order chi connectivity index (χ1) is 12.2. The molecule has 0 saturated heterocycles. The lowest BCUT2D eigenvalue weighted by Crippen LogP contribution is -2.21. The minimum absolute atomic E-state index is 0.0276. The second-order valence-corrected chi connectivity index (χ2v) is 5.87. The zero-order valence-corrected chi connectivity index (χ0v) is 13.9. The molecule has 4 rings (SSSR count). The molecule has 0 atom stereocenters. The van der Waals surface area contributed by atoms with Crippen molar-refractivity contribution in [3.63, 3.8) is 0 Å². The molecule has 122 valence electrons. The lowest BCUT2D eigenvalue weighted by atomic mass is 10.2. The molecular formula is C20H13ClN2O2. The third-order valence-electron chi connectivity index (χ3n) is 3.77. The number of hydrogen-bond donors (Lipinski definition) is 0. The van der Waals surface area contributed by atoms with Gasteiger partial charge in [0.15, 0.2) is 0 Å². The van der Waals surface area contributed by atoms with Gasteiger partial charge in [-0.25, -0.2) is 4.98 Å². The van der Waals surface area contributed by atoms with Crippen molar-refractivity contribution in [2.75, 3.05) is 0 Å². The van der Waals surface area contributed by atoms with Crippen molar-refractivity contribution in [2.45, 2.75) is 0 Å². The summed E-state index contributed by atoms with van der Waals surface area (Å²) in [7, 11) is 0. The number of benzene rings is 3. The van der Waals surface area contributed by atoms with Crippen LogP contribution in [0.15, 0.2) is 83.7 Å². The van der Waals surface area contributed by atoms with E-state index < -0.39 is 0 Å². The Balaban J connectivity index is 1.95. The van der Waals surface area contributed by atoms with Crippen LogP contribution in [-0.4, -0.2) is 9.55 Å². The number of halogens is 1. The van der Waals surface area contributed by atoms with Gasteiger partial charge in [-0.05, 0) is 48.5 Å². The highest BCUT2D eigenvalue weighted by molar-refractivity contribution is 6.30. The summed E-state index contributed by atoms with van der Waals surface area (Å²) in [6, 6.07) is 23.6. The molecule has 0 N–H and O–H groups in total. The molecule has 3 aromatic carbocycles. The molecular weight excluding hydrogens is 336 g/mol. The zero-order chi connectivity index (χ0) is 17.2. The number of nitrogens with zero attached hydrogens (tertiary/aromatic N) is 2. The van der Waals surface area contributed by atoms with Crippen LogP contribution >= 0.6 is 11.6 Å². The molecule has 1 heterocycles. The van der Waals surface area contributed by atoms with Crippen molar-refractivity contribution in [1.82, 2.24) is 9.55 Å². The summed E-state index contributed by atoms with van der Waals surface area (Å²) in [5.41, 5.74) is 1.74. The quantitative estimate of drug-likeness (QED) is 0.532. The van der Waals surface area contributed by atoms with Crippen LogP contribution in [0.3, 0.4) is 0 Å². The van der Waals surface area contributed by atoms with Crippen LogP contribution in [0.1, 0.15) is 0 Å². The summed E-state index contributed by atoms with van der Waals surface area (Å²) in [5, 5.41) is 0.607. The van der Waals surface area contributed by atoms with Crippen LogP contribution in [0.4, 0.5) is 0 Å². The van der Waals surface area contributed by atoms with Gasteiger partial charge in [0.25, 0.3) is 5.88 Å².